The topological polar surface area (TPSA) is 114 Å². The number of carbonyl (C=O) groups excluding carboxylic acids is 3. The third-order valence-corrected chi connectivity index (χ3v) is 3.63. The number of ether oxygens (including phenoxy) is 1. The molecule has 2 N–H and O–H groups in total. The second-order valence-corrected chi connectivity index (χ2v) is 6.10. The average Bonchev–Trinajstić information content (AvgIpc) is 2.92. The van der Waals surface area contributed by atoms with Crippen LogP contribution in [0.15, 0.2) is 0 Å². The number of nitrogens with one attached hydrogen (secondary N) is 2. The summed E-state index contributed by atoms with van der Waals surface area (Å²) in [6.07, 6.45) is 1.24. The molecule has 1 amide bonds. The fourth-order valence-corrected chi connectivity index (χ4v) is 2.39. The van der Waals surface area contributed by atoms with Crippen LogP contribution in [0.2, 0.25) is 0 Å². The number of hydrogen-bond acceptors (Lipinski definition) is 6. The van der Waals surface area contributed by atoms with E-state index in [2.05, 4.69) is 20.5 Å². The third-order valence-electron chi connectivity index (χ3n) is 3.63. The predicted molar refractivity (Wildman–Crippen MR) is 80.4 cm³/mol. The number of Topliss-reactive ketones (excluding diaryl/α,β-unsaturated/α-hetero) is 1. The van der Waals surface area contributed by atoms with E-state index in [1.54, 1.807) is 6.92 Å². The summed E-state index contributed by atoms with van der Waals surface area (Å²) >= 11 is 0. The molecule has 0 saturated heterocycles. The number of H-pyrrole nitrogens is 1. The van der Waals surface area contributed by atoms with Gasteiger partial charge >= 0.3 is 5.97 Å². The maximum atomic E-state index is 12.2. The van der Waals surface area contributed by atoms with E-state index in [9.17, 15) is 14.4 Å². The molecule has 2 rings (SSSR count). The maximum absolute atomic E-state index is 12.2. The highest BCUT2D eigenvalue weighted by Gasteiger charge is 2.34. The van der Waals surface area contributed by atoms with Gasteiger partial charge in [-0.3, -0.25) is 14.7 Å². The Morgan fingerprint density at radius 1 is 1.39 bits per heavy atom. The largest absolute Gasteiger partial charge is 0.460 e. The number of esters is 1. The van der Waals surface area contributed by atoms with Crippen LogP contribution in [0.25, 0.3) is 0 Å². The lowest BCUT2D eigenvalue weighted by Crippen LogP contribution is -2.41. The average molecular weight is 322 g/mol. The number of rotatable bonds is 7. The zero-order valence-corrected chi connectivity index (χ0v) is 13.6. The highest BCUT2D eigenvalue weighted by atomic mass is 16.5. The molecule has 1 heterocycles. The Bertz CT molecular complexity index is 588. The van der Waals surface area contributed by atoms with Crippen LogP contribution in [0.3, 0.4) is 0 Å². The van der Waals surface area contributed by atoms with Crippen molar-refractivity contribution in [2.45, 2.75) is 46.1 Å². The first-order valence-electron chi connectivity index (χ1n) is 7.82. The van der Waals surface area contributed by atoms with Crippen LogP contribution in [0.5, 0.6) is 0 Å². The van der Waals surface area contributed by atoms with Crippen LogP contribution in [-0.4, -0.2) is 39.4 Å². The lowest BCUT2D eigenvalue weighted by Gasteiger charge is -2.26. The zero-order valence-electron chi connectivity index (χ0n) is 13.6. The van der Waals surface area contributed by atoms with Gasteiger partial charge in [0.15, 0.2) is 0 Å². The standard InChI is InChI=1S/C15H22N4O4/c1-4-23-15(22)13-17-12(18-19-13)11(5-8(2)3)16-14(21)9-6-10(20)7-9/h8-9,11H,4-7H2,1-3H3,(H,16,21)(H,17,18,19)/t11-/m0/s1. The molecule has 1 aliphatic rings. The van der Waals surface area contributed by atoms with Crippen molar-refractivity contribution in [2.24, 2.45) is 11.8 Å². The quantitative estimate of drug-likeness (QED) is 0.728. The zero-order chi connectivity index (χ0) is 17.0. The van der Waals surface area contributed by atoms with Gasteiger partial charge in [-0.25, -0.2) is 9.78 Å². The van der Waals surface area contributed by atoms with E-state index in [0.717, 1.165) is 0 Å². The second kappa shape index (κ2) is 7.34. The minimum absolute atomic E-state index is 0.0522. The molecule has 1 atom stereocenters. The van der Waals surface area contributed by atoms with Crippen LogP contribution >= 0.6 is 0 Å². The fraction of sp³-hybridized carbons (Fsp3) is 0.667. The van der Waals surface area contributed by atoms with Crippen LogP contribution in [0.1, 0.15) is 62.5 Å². The van der Waals surface area contributed by atoms with Gasteiger partial charge in [0.2, 0.25) is 5.91 Å². The normalized spacial score (nSPS) is 16.1. The summed E-state index contributed by atoms with van der Waals surface area (Å²) in [6, 6.07) is -0.381. The van der Waals surface area contributed by atoms with Crippen molar-refractivity contribution >= 4 is 17.7 Å². The minimum Gasteiger partial charge on any atom is -0.460 e. The number of nitrogens with zero attached hydrogens (tertiary/aromatic N) is 2. The van der Waals surface area contributed by atoms with Crippen molar-refractivity contribution in [1.82, 2.24) is 20.5 Å². The molecule has 1 aromatic heterocycles. The molecule has 0 aliphatic heterocycles. The lowest BCUT2D eigenvalue weighted by molar-refractivity contribution is -0.138. The highest BCUT2D eigenvalue weighted by Crippen LogP contribution is 2.25. The molecule has 23 heavy (non-hydrogen) atoms. The Balaban J connectivity index is 2.07. The van der Waals surface area contributed by atoms with Crippen molar-refractivity contribution in [3.05, 3.63) is 11.6 Å². The van der Waals surface area contributed by atoms with Crippen LogP contribution in [0, 0.1) is 11.8 Å². The fourth-order valence-electron chi connectivity index (χ4n) is 2.39. The summed E-state index contributed by atoms with van der Waals surface area (Å²) in [5.41, 5.74) is 0. The summed E-state index contributed by atoms with van der Waals surface area (Å²) in [5.74, 6) is -0.248. The summed E-state index contributed by atoms with van der Waals surface area (Å²) in [7, 11) is 0. The third kappa shape index (κ3) is 4.37. The maximum Gasteiger partial charge on any atom is 0.378 e. The molecule has 1 aromatic rings. The minimum atomic E-state index is -0.603. The van der Waals surface area contributed by atoms with E-state index in [4.69, 9.17) is 4.74 Å². The van der Waals surface area contributed by atoms with Gasteiger partial charge in [0.25, 0.3) is 5.82 Å². The Morgan fingerprint density at radius 2 is 2.09 bits per heavy atom. The molecule has 0 bridgehead atoms. The van der Waals surface area contributed by atoms with Gasteiger partial charge in [-0.15, -0.1) is 5.10 Å². The van der Waals surface area contributed by atoms with Crippen LogP contribution in [-0.2, 0) is 14.3 Å². The van der Waals surface area contributed by atoms with Crippen molar-refractivity contribution in [3.8, 4) is 0 Å². The van der Waals surface area contributed by atoms with E-state index in [-0.39, 0.29) is 36.1 Å². The van der Waals surface area contributed by atoms with Crippen LogP contribution in [0.4, 0.5) is 0 Å². The van der Waals surface area contributed by atoms with Gasteiger partial charge in [0, 0.05) is 12.8 Å². The van der Waals surface area contributed by atoms with Crippen molar-refractivity contribution in [2.75, 3.05) is 6.61 Å². The molecule has 1 aliphatic carbocycles. The predicted octanol–water partition coefficient (Wildman–Crippen LogP) is 1.16. The highest BCUT2D eigenvalue weighted by molar-refractivity contribution is 5.96. The van der Waals surface area contributed by atoms with Crippen molar-refractivity contribution in [3.63, 3.8) is 0 Å². The number of amides is 1. The first-order valence-corrected chi connectivity index (χ1v) is 7.82. The molecular formula is C15H22N4O4. The van der Waals surface area contributed by atoms with E-state index >= 15 is 0 Å². The molecule has 126 valence electrons. The Morgan fingerprint density at radius 3 is 2.65 bits per heavy atom. The molecule has 8 heteroatoms. The first-order chi connectivity index (χ1) is 10.9. The SMILES string of the molecule is CCOC(=O)c1n[nH]c([C@H](CC(C)C)NC(=O)C2CC(=O)C2)n1. The van der Waals surface area contributed by atoms with E-state index in [1.807, 2.05) is 13.8 Å². The van der Waals surface area contributed by atoms with Crippen LogP contribution < -0.4 is 5.32 Å². The smallest absolute Gasteiger partial charge is 0.378 e. The monoisotopic (exact) mass is 322 g/mol. The molecule has 1 fully saturated rings. The number of aromatic nitrogens is 3. The second-order valence-electron chi connectivity index (χ2n) is 6.10. The number of ketones is 1. The van der Waals surface area contributed by atoms with Gasteiger partial charge in [0.05, 0.1) is 18.6 Å². The lowest BCUT2D eigenvalue weighted by atomic mass is 9.83. The first kappa shape index (κ1) is 17.1. The van der Waals surface area contributed by atoms with Gasteiger partial charge in [-0.2, -0.15) is 0 Å². The molecule has 0 radical (unpaired) electrons. The Hall–Kier alpha value is -2.25. The Labute approximate surface area is 134 Å². The molecule has 1 saturated carbocycles. The van der Waals surface area contributed by atoms with Gasteiger partial charge in [-0.1, -0.05) is 13.8 Å². The summed E-state index contributed by atoms with van der Waals surface area (Å²) in [6.45, 7) is 5.99. The summed E-state index contributed by atoms with van der Waals surface area (Å²) < 4.78 is 4.85. The van der Waals surface area contributed by atoms with E-state index in [1.165, 1.54) is 0 Å². The molecule has 8 nitrogen and oxygen atoms in total. The van der Waals surface area contributed by atoms with Gasteiger partial charge < -0.3 is 10.1 Å². The molecule has 0 unspecified atom stereocenters. The number of hydrogen-bond donors (Lipinski definition) is 2. The number of carbonyl (C=O) groups is 3. The molecule has 0 spiro atoms. The number of aromatic amines is 1. The van der Waals surface area contributed by atoms with Gasteiger partial charge in [0.1, 0.15) is 11.6 Å². The molecular weight excluding hydrogens is 300 g/mol. The van der Waals surface area contributed by atoms with E-state index in [0.29, 0.717) is 31.0 Å². The van der Waals surface area contributed by atoms with Gasteiger partial charge in [-0.05, 0) is 19.3 Å². The van der Waals surface area contributed by atoms with Crippen molar-refractivity contribution in [1.29, 1.82) is 0 Å². The van der Waals surface area contributed by atoms with E-state index < -0.39 is 5.97 Å². The summed E-state index contributed by atoms with van der Waals surface area (Å²) in [4.78, 5) is 39.0. The van der Waals surface area contributed by atoms with Crippen molar-refractivity contribution < 1.29 is 19.1 Å². The molecule has 0 aromatic carbocycles. The Kier molecular flexibility index (Phi) is 5.46. The summed E-state index contributed by atoms with van der Waals surface area (Å²) in [5, 5.41) is 9.44.